The average Bonchev–Trinajstić information content (AvgIpc) is 3.27. The maximum absolute atomic E-state index is 5.44. The third-order valence-electron chi connectivity index (χ3n) is 6.30. The van der Waals surface area contributed by atoms with Gasteiger partial charge in [-0.2, -0.15) is 0 Å². The Balaban J connectivity index is 0.00000385. The fourth-order valence-electron chi connectivity index (χ4n) is 4.38. The summed E-state index contributed by atoms with van der Waals surface area (Å²) in [6.07, 6.45) is 1.07. The molecule has 2 fully saturated rings. The minimum atomic E-state index is 0. The predicted molar refractivity (Wildman–Crippen MR) is 148 cm³/mol. The van der Waals surface area contributed by atoms with E-state index in [0.717, 1.165) is 88.5 Å². The van der Waals surface area contributed by atoms with Crippen LogP contribution in [0.5, 0.6) is 11.5 Å². The first-order valence-electron chi connectivity index (χ1n) is 11.9. The molecule has 0 bridgehead atoms. The number of piperazine rings is 1. The molecule has 2 saturated heterocycles. The number of halogens is 1. The Kier molecular flexibility index (Phi) is 11.8. The molecule has 0 saturated carbocycles. The van der Waals surface area contributed by atoms with E-state index in [1.165, 1.54) is 0 Å². The van der Waals surface area contributed by atoms with Crippen molar-refractivity contribution in [2.45, 2.75) is 26.3 Å². The molecule has 1 aromatic carbocycles. The van der Waals surface area contributed by atoms with E-state index in [9.17, 15) is 0 Å². The average molecular weight is 575 g/mol. The molecule has 33 heavy (non-hydrogen) atoms. The van der Waals surface area contributed by atoms with Crippen molar-refractivity contribution in [3.63, 3.8) is 0 Å². The Morgan fingerprint density at radius 1 is 1.09 bits per heavy atom. The predicted octanol–water partition coefficient (Wildman–Crippen LogP) is 2.34. The van der Waals surface area contributed by atoms with Crippen molar-refractivity contribution in [2.75, 3.05) is 85.1 Å². The van der Waals surface area contributed by atoms with Gasteiger partial charge in [0.1, 0.15) is 11.5 Å². The highest BCUT2D eigenvalue weighted by Gasteiger charge is 2.24. The Hall–Kier alpha value is -1.46. The Morgan fingerprint density at radius 2 is 1.76 bits per heavy atom. The number of aliphatic imine (C=N–C) groups is 1. The fraction of sp³-hybridized carbons (Fsp3) is 0.708. The van der Waals surface area contributed by atoms with E-state index in [2.05, 4.69) is 58.4 Å². The molecule has 0 amide bonds. The second-order valence-corrected chi connectivity index (χ2v) is 9.08. The van der Waals surface area contributed by atoms with Crippen LogP contribution < -0.4 is 25.0 Å². The van der Waals surface area contributed by atoms with E-state index in [0.29, 0.717) is 12.0 Å². The van der Waals surface area contributed by atoms with Gasteiger partial charge < -0.3 is 34.8 Å². The van der Waals surface area contributed by atoms with Crippen LogP contribution in [0.3, 0.4) is 0 Å². The molecule has 8 nitrogen and oxygen atoms in total. The van der Waals surface area contributed by atoms with Crippen LogP contribution in [0.1, 0.15) is 20.3 Å². The van der Waals surface area contributed by atoms with Crippen molar-refractivity contribution >= 4 is 35.6 Å². The molecule has 0 radical (unpaired) electrons. The minimum Gasteiger partial charge on any atom is -0.497 e. The molecule has 9 heteroatoms. The molecule has 3 rings (SSSR count). The number of guanidine groups is 1. The molecule has 2 heterocycles. The Labute approximate surface area is 217 Å². The molecule has 0 spiro atoms. The molecule has 2 aliphatic heterocycles. The van der Waals surface area contributed by atoms with Crippen molar-refractivity contribution in [3.8, 4) is 11.5 Å². The summed E-state index contributed by atoms with van der Waals surface area (Å²) in [7, 11) is 5.59. The van der Waals surface area contributed by atoms with Crippen molar-refractivity contribution < 1.29 is 9.47 Å². The highest BCUT2D eigenvalue weighted by Crippen LogP contribution is 2.30. The number of likely N-dealkylation sites (N-methyl/N-ethyl adjacent to an activating group) is 1. The monoisotopic (exact) mass is 574 g/mol. The summed E-state index contributed by atoms with van der Waals surface area (Å²) in [5.74, 6) is 3.10. The van der Waals surface area contributed by atoms with Crippen molar-refractivity contribution in [1.29, 1.82) is 0 Å². The molecule has 2 unspecified atom stereocenters. The maximum Gasteiger partial charge on any atom is 0.191 e. The summed E-state index contributed by atoms with van der Waals surface area (Å²) in [6, 6.07) is 6.42. The zero-order valence-corrected chi connectivity index (χ0v) is 23.3. The van der Waals surface area contributed by atoms with E-state index in [-0.39, 0.29) is 24.0 Å². The summed E-state index contributed by atoms with van der Waals surface area (Å²) in [4.78, 5) is 12.3. The summed E-state index contributed by atoms with van der Waals surface area (Å²) >= 11 is 0. The maximum atomic E-state index is 5.44. The molecule has 2 atom stereocenters. The zero-order valence-electron chi connectivity index (χ0n) is 21.0. The van der Waals surface area contributed by atoms with Gasteiger partial charge in [-0.25, -0.2) is 0 Å². The molecular formula is C24H43IN6O2. The molecular weight excluding hydrogens is 531 g/mol. The van der Waals surface area contributed by atoms with Gasteiger partial charge in [-0.3, -0.25) is 4.99 Å². The molecule has 1 aromatic rings. The lowest BCUT2D eigenvalue weighted by atomic mass is 10.1. The smallest absolute Gasteiger partial charge is 0.191 e. The summed E-state index contributed by atoms with van der Waals surface area (Å²) < 4.78 is 10.9. The van der Waals surface area contributed by atoms with Gasteiger partial charge in [0, 0.05) is 88.8 Å². The van der Waals surface area contributed by atoms with Crippen molar-refractivity contribution in [2.24, 2.45) is 10.9 Å². The quantitative estimate of drug-likeness (QED) is 0.267. The number of anilines is 1. The van der Waals surface area contributed by atoms with Gasteiger partial charge in [0.25, 0.3) is 0 Å². The zero-order chi connectivity index (χ0) is 22.9. The lowest BCUT2D eigenvalue weighted by molar-refractivity contribution is 0.140. The van der Waals surface area contributed by atoms with Gasteiger partial charge >= 0.3 is 0 Å². The third kappa shape index (κ3) is 8.68. The van der Waals surface area contributed by atoms with E-state index in [4.69, 9.17) is 14.5 Å². The van der Waals surface area contributed by atoms with E-state index in [1.54, 1.807) is 14.2 Å². The number of methoxy groups -OCH3 is 2. The van der Waals surface area contributed by atoms with Crippen LogP contribution in [-0.2, 0) is 0 Å². The van der Waals surface area contributed by atoms with Crippen LogP contribution in [0.25, 0.3) is 0 Å². The molecule has 2 N–H and O–H groups in total. The first kappa shape index (κ1) is 27.8. The van der Waals surface area contributed by atoms with Gasteiger partial charge in [0.05, 0.1) is 14.2 Å². The first-order chi connectivity index (χ1) is 15.5. The first-order valence-corrected chi connectivity index (χ1v) is 11.9. The SMILES string of the molecule is CCNC(=NCC(C)CN1CCN(C)CC1)NC1CCN(c2cc(OC)cc(OC)c2)C1.I. The molecule has 0 aromatic heterocycles. The standard InChI is InChI=1S/C24H42N6O2.HI/c1-6-25-24(26-16-19(2)17-29-11-9-28(3)10-12-29)27-20-7-8-30(18-20)21-13-22(31-4)15-23(14-21)32-5;/h13-15,19-20H,6-12,16-18H2,1-5H3,(H2,25,26,27);1H. The lowest BCUT2D eigenvalue weighted by Gasteiger charge is -2.33. The number of ether oxygens (including phenoxy) is 2. The van der Waals surface area contributed by atoms with Crippen LogP contribution in [0, 0.1) is 5.92 Å². The number of hydrogen-bond acceptors (Lipinski definition) is 6. The topological polar surface area (TPSA) is 64.6 Å². The van der Waals surface area contributed by atoms with Crippen LogP contribution >= 0.6 is 24.0 Å². The largest absolute Gasteiger partial charge is 0.497 e. The third-order valence-corrected chi connectivity index (χ3v) is 6.30. The highest BCUT2D eigenvalue weighted by atomic mass is 127. The van der Waals surface area contributed by atoms with Crippen LogP contribution in [0.2, 0.25) is 0 Å². The Morgan fingerprint density at radius 3 is 2.36 bits per heavy atom. The molecule has 0 aliphatic carbocycles. The number of nitrogens with one attached hydrogen (secondary N) is 2. The number of nitrogens with zero attached hydrogens (tertiary/aromatic N) is 4. The van der Waals surface area contributed by atoms with Gasteiger partial charge in [0.2, 0.25) is 0 Å². The van der Waals surface area contributed by atoms with Gasteiger partial charge in [-0.1, -0.05) is 6.92 Å². The molecule has 2 aliphatic rings. The van der Waals surface area contributed by atoms with E-state index >= 15 is 0 Å². The van der Waals surface area contributed by atoms with E-state index < -0.39 is 0 Å². The number of benzene rings is 1. The van der Waals surface area contributed by atoms with Gasteiger partial charge in [-0.15, -0.1) is 24.0 Å². The number of hydrogen-bond donors (Lipinski definition) is 2. The number of rotatable bonds is 9. The van der Waals surface area contributed by atoms with Crippen molar-refractivity contribution in [1.82, 2.24) is 20.4 Å². The van der Waals surface area contributed by atoms with Gasteiger partial charge in [0.15, 0.2) is 5.96 Å². The van der Waals surface area contributed by atoms with Gasteiger partial charge in [-0.05, 0) is 26.3 Å². The summed E-state index contributed by atoms with van der Waals surface area (Å²) in [5.41, 5.74) is 1.13. The van der Waals surface area contributed by atoms with E-state index in [1.807, 2.05) is 6.07 Å². The highest BCUT2D eigenvalue weighted by molar-refractivity contribution is 14.0. The van der Waals surface area contributed by atoms with Crippen LogP contribution in [0.4, 0.5) is 5.69 Å². The second kappa shape index (κ2) is 14.1. The summed E-state index contributed by atoms with van der Waals surface area (Å²) in [6.45, 7) is 13.8. The van der Waals surface area contributed by atoms with Crippen LogP contribution in [0.15, 0.2) is 23.2 Å². The van der Waals surface area contributed by atoms with Crippen molar-refractivity contribution in [3.05, 3.63) is 18.2 Å². The Bertz CT molecular complexity index is 719. The lowest BCUT2D eigenvalue weighted by Crippen LogP contribution is -2.46. The second-order valence-electron chi connectivity index (χ2n) is 9.08. The minimum absolute atomic E-state index is 0. The molecule has 188 valence electrons. The normalized spacial score (nSPS) is 20.8. The summed E-state index contributed by atoms with van der Waals surface area (Å²) in [5, 5.41) is 7.08. The fourth-order valence-corrected chi connectivity index (χ4v) is 4.38. The van der Waals surface area contributed by atoms with Crippen LogP contribution in [-0.4, -0.2) is 102 Å².